The second kappa shape index (κ2) is 3.91. The highest BCUT2D eigenvalue weighted by atomic mass is 19.1. The van der Waals surface area contributed by atoms with E-state index in [1.54, 1.807) is 12.1 Å². The first-order valence-electron chi connectivity index (χ1n) is 5.69. The molecule has 1 fully saturated rings. The molecule has 1 aliphatic heterocycles. The van der Waals surface area contributed by atoms with Crippen molar-refractivity contribution in [2.45, 2.75) is 18.8 Å². The summed E-state index contributed by atoms with van der Waals surface area (Å²) >= 11 is 0. The average molecular weight is 219 g/mol. The van der Waals surface area contributed by atoms with Gasteiger partial charge in [0.25, 0.3) is 0 Å². The fourth-order valence-electron chi connectivity index (χ4n) is 2.44. The number of ether oxygens (including phenoxy) is 1. The van der Waals surface area contributed by atoms with Crippen LogP contribution in [0.4, 0.5) is 4.39 Å². The molecule has 0 spiro atoms. The van der Waals surface area contributed by atoms with Crippen LogP contribution in [0, 0.1) is 5.82 Å². The van der Waals surface area contributed by atoms with Crippen LogP contribution in [0.2, 0.25) is 0 Å². The molecule has 1 N–H and O–H groups in total. The zero-order valence-electron chi connectivity index (χ0n) is 9.00. The SMILES string of the molecule is Fc1ccc2[nH]cc(C3CCCOC3)c2c1. The van der Waals surface area contributed by atoms with Gasteiger partial charge >= 0.3 is 0 Å². The van der Waals surface area contributed by atoms with Gasteiger partial charge in [-0.1, -0.05) is 0 Å². The number of fused-ring (bicyclic) bond motifs is 1. The first-order chi connectivity index (χ1) is 7.84. The molecule has 1 aromatic heterocycles. The fourth-order valence-corrected chi connectivity index (χ4v) is 2.44. The number of nitrogens with one attached hydrogen (secondary N) is 1. The van der Waals surface area contributed by atoms with E-state index in [1.807, 2.05) is 6.20 Å². The Morgan fingerprint density at radius 1 is 1.38 bits per heavy atom. The van der Waals surface area contributed by atoms with Crippen molar-refractivity contribution >= 4 is 10.9 Å². The summed E-state index contributed by atoms with van der Waals surface area (Å²) in [6, 6.07) is 4.88. The van der Waals surface area contributed by atoms with Crippen LogP contribution in [0.25, 0.3) is 10.9 Å². The summed E-state index contributed by atoms with van der Waals surface area (Å²) in [6.07, 6.45) is 4.21. The topological polar surface area (TPSA) is 25.0 Å². The molecule has 1 saturated heterocycles. The third kappa shape index (κ3) is 1.61. The summed E-state index contributed by atoms with van der Waals surface area (Å²) in [5, 5.41) is 0.996. The molecule has 2 heterocycles. The molecule has 1 atom stereocenters. The van der Waals surface area contributed by atoms with Gasteiger partial charge < -0.3 is 9.72 Å². The van der Waals surface area contributed by atoms with Gasteiger partial charge in [0, 0.05) is 29.6 Å². The van der Waals surface area contributed by atoms with Gasteiger partial charge in [0.05, 0.1) is 6.61 Å². The lowest BCUT2D eigenvalue weighted by Crippen LogP contribution is -2.15. The number of hydrogen-bond donors (Lipinski definition) is 1. The number of aromatic amines is 1. The van der Waals surface area contributed by atoms with E-state index in [1.165, 1.54) is 11.6 Å². The molecule has 1 aliphatic rings. The van der Waals surface area contributed by atoms with Crippen molar-refractivity contribution in [3.63, 3.8) is 0 Å². The maximum absolute atomic E-state index is 13.2. The van der Waals surface area contributed by atoms with E-state index in [0.717, 1.165) is 37.0 Å². The predicted molar refractivity (Wildman–Crippen MR) is 61.1 cm³/mol. The van der Waals surface area contributed by atoms with E-state index >= 15 is 0 Å². The zero-order chi connectivity index (χ0) is 11.0. The van der Waals surface area contributed by atoms with Crippen molar-refractivity contribution in [2.75, 3.05) is 13.2 Å². The molecule has 3 heteroatoms. The number of benzene rings is 1. The highest BCUT2D eigenvalue weighted by Gasteiger charge is 2.19. The zero-order valence-corrected chi connectivity index (χ0v) is 9.00. The van der Waals surface area contributed by atoms with E-state index in [4.69, 9.17) is 4.74 Å². The van der Waals surface area contributed by atoms with E-state index in [-0.39, 0.29) is 5.82 Å². The molecule has 2 nitrogen and oxygen atoms in total. The lowest BCUT2D eigenvalue weighted by molar-refractivity contribution is 0.0808. The van der Waals surface area contributed by atoms with Crippen molar-refractivity contribution in [1.29, 1.82) is 0 Å². The van der Waals surface area contributed by atoms with Gasteiger partial charge in [0.15, 0.2) is 0 Å². The largest absolute Gasteiger partial charge is 0.381 e. The van der Waals surface area contributed by atoms with E-state index in [9.17, 15) is 4.39 Å². The number of rotatable bonds is 1. The predicted octanol–water partition coefficient (Wildman–Crippen LogP) is 3.20. The van der Waals surface area contributed by atoms with Gasteiger partial charge in [-0.3, -0.25) is 0 Å². The fraction of sp³-hybridized carbons (Fsp3) is 0.385. The average Bonchev–Trinajstić information content (AvgIpc) is 2.73. The van der Waals surface area contributed by atoms with Crippen LogP contribution in [-0.2, 0) is 4.74 Å². The molecule has 1 aromatic carbocycles. The van der Waals surface area contributed by atoms with Gasteiger partial charge in [-0.15, -0.1) is 0 Å². The summed E-state index contributed by atoms with van der Waals surface area (Å²) in [5.74, 6) is 0.231. The van der Waals surface area contributed by atoms with Crippen LogP contribution in [0.5, 0.6) is 0 Å². The van der Waals surface area contributed by atoms with Crippen LogP contribution < -0.4 is 0 Å². The van der Waals surface area contributed by atoms with Gasteiger partial charge in [0.2, 0.25) is 0 Å². The molecule has 0 radical (unpaired) electrons. The maximum Gasteiger partial charge on any atom is 0.123 e. The Bertz CT molecular complexity index is 500. The van der Waals surface area contributed by atoms with Crippen LogP contribution in [-0.4, -0.2) is 18.2 Å². The third-order valence-corrected chi connectivity index (χ3v) is 3.28. The standard InChI is InChI=1S/C13H14FNO/c14-10-3-4-13-11(6-10)12(7-15-13)9-2-1-5-16-8-9/h3-4,6-7,9,15H,1-2,5,8H2. The summed E-state index contributed by atoms with van der Waals surface area (Å²) in [7, 11) is 0. The van der Waals surface area contributed by atoms with E-state index in [0.29, 0.717) is 5.92 Å². The molecule has 3 rings (SSSR count). The quantitative estimate of drug-likeness (QED) is 0.782. The van der Waals surface area contributed by atoms with Crippen molar-refractivity contribution in [2.24, 2.45) is 0 Å². The van der Waals surface area contributed by atoms with Crippen molar-refractivity contribution in [3.05, 3.63) is 35.8 Å². The number of aromatic nitrogens is 1. The molecule has 84 valence electrons. The normalized spacial score (nSPS) is 21.4. The molecule has 0 saturated carbocycles. The summed E-state index contributed by atoms with van der Waals surface area (Å²) < 4.78 is 18.7. The van der Waals surface area contributed by atoms with Crippen molar-refractivity contribution < 1.29 is 9.13 Å². The Balaban J connectivity index is 2.05. The molecular formula is C13H14FNO. The monoisotopic (exact) mass is 219 g/mol. The first kappa shape index (κ1) is 9.85. The van der Waals surface area contributed by atoms with Crippen LogP contribution in [0.1, 0.15) is 24.3 Å². The highest BCUT2D eigenvalue weighted by Crippen LogP contribution is 2.31. The second-order valence-electron chi connectivity index (χ2n) is 4.35. The molecule has 1 unspecified atom stereocenters. The Hall–Kier alpha value is -1.35. The van der Waals surface area contributed by atoms with Gasteiger partial charge in [-0.2, -0.15) is 0 Å². The summed E-state index contributed by atoms with van der Waals surface area (Å²) in [4.78, 5) is 3.19. The Labute approximate surface area is 93.4 Å². The van der Waals surface area contributed by atoms with Crippen LogP contribution in [0.15, 0.2) is 24.4 Å². The van der Waals surface area contributed by atoms with Gasteiger partial charge in [0.1, 0.15) is 5.82 Å². The second-order valence-corrected chi connectivity index (χ2v) is 4.35. The molecule has 0 bridgehead atoms. The Kier molecular flexibility index (Phi) is 2.40. The van der Waals surface area contributed by atoms with E-state index < -0.39 is 0 Å². The molecular weight excluding hydrogens is 205 g/mol. The summed E-state index contributed by atoms with van der Waals surface area (Å²) in [5.41, 5.74) is 2.19. The smallest absolute Gasteiger partial charge is 0.123 e. The number of halogens is 1. The maximum atomic E-state index is 13.2. The minimum Gasteiger partial charge on any atom is -0.381 e. The molecule has 16 heavy (non-hydrogen) atoms. The third-order valence-electron chi connectivity index (χ3n) is 3.28. The van der Waals surface area contributed by atoms with Gasteiger partial charge in [-0.05, 0) is 36.6 Å². The van der Waals surface area contributed by atoms with E-state index in [2.05, 4.69) is 4.98 Å². The first-order valence-corrected chi connectivity index (χ1v) is 5.69. The van der Waals surface area contributed by atoms with Gasteiger partial charge in [-0.25, -0.2) is 4.39 Å². The minimum atomic E-state index is -0.176. The van der Waals surface area contributed by atoms with Crippen molar-refractivity contribution in [1.82, 2.24) is 4.98 Å². The van der Waals surface area contributed by atoms with Crippen LogP contribution >= 0.6 is 0 Å². The highest BCUT2D eigenvalue weighted by molar-refractivity contribution is 5.83. The Morgan fingerprint density at radius 2 is 2.31 bits per heavy atom. The van der Waals surface area contributed by atoms with Crippen molar-refractivity contribution in [3.8, 4) is 0 Å². The number of H-pyrrole nitrogens is 1. The Morgan fingerprint density at radius 3 is 3.12 bits per heavy atom. The molecule has 2 aromatic rings. The lowest BCUT2D eigenvalue weighted by atomic mass is 9.93. The lowest BCUT2D eigenvalue weighted by Gasteiger charge is -2.21. The number of hydrogen-bond acceptors (Lipinski definition) is 1. The molecule has 0 aliphatic carbocycles. The summed E-state index contributed by atoms with van der Waals surface area (Å²) in [6.45, 7) is 1.61. The van der Waals surface area contributed by atoms with Crippen LogP contribution in [0.3, 0.4) is 0 Å². The molecule has 0 amide bonds. The minimum absolute atomic E-state index is 0.176.